The number of hydrogen-bond acceptors (Lipinski definition) is 4. The second-order valence-electron chi connectivity index (χ2n) is 6.58. The van der Waals surface area contributed by atoms with Gasteiger partial charge in [0.1, 0.15) is 5.76 Å². The van der Waals surface area contributed by atoms with Crippen LogP contribution in [0, 0.1) is 13.8 Å². The molecule has 0 saturated heterocycles. The van der Waals surface area contributed by atoms with Crippen LogP contribution in [0.5, 0.6) is 0 Å². The molecule has 128 valence electrons. The number of fused-ring (bicyclic) bond motifs is 1. The predicted molar refractivity (Wildman–Crippen MR) is 90.7 cm³/mol. The fourth-order valence-corrected chi connectivity index (χ4v) is 3.82. The molecular formula is C19H24N2O3. The zero-order valence-electron chi connectivity index (χ0n) is 14.5. The molecule has 0 bridgehead atoms. The van der Waals surface area contributed by atoms with E-state index in [4.69, 9.17) is 4.52 Å². The molecule has 1 aromatic carbocycles. The van der Waals surface area contributed by atoms with Gasteiger partial charge in [-0.05, 0) is 37.3 Å². The van der Waals surface area contributed by atoms with Crippen molar-refractivity contribution in [2.24, 2.45) is 0 Å². The van der Waals surface area contributed by atoms with Crippen molar-refractivity contribution in [2.75, 3.05) is 13.2 Å². The zero-order chi connectivity index (χ0) is 17.3. The Morgan fingerprint density at radius 2 is 2.17 bits per heavy atom. The van der Waals surface area contributed by atoms with Gasteiger partial charge in [0.05, 0.1) is 18.3 Å². The number of benzene rings is 1. The summed E-state index contributed by atoms with van der Waals surface area (Å²) in [6.45, 7) is 6.40. The van der Waals surface area contributed by atoms with Crippen molar-refractivity contribution in [1.29, 1.82) is 0 Å². The maximum atomic E-state index is 12.9. The fraction of sp³-hybridized carbons (Fsp3) is 0.474. The summed E-state index contributed by atoms with van der Waals surface area (Å²) in [6, 6.07) is 7.80. The van der Waals surface area contributed by atoms with E-state index in [1.54, 1.807) is 0 Å². The number of hydrogen-bond donors (Lipinski definition) is 1. The Morgan fingerprint density at radius 1 is 1.42 bits per heavy atom. The van der Waals surface area contributed by atoms with Crippen LogP contribution in [0.4, 0.5) is 0 Å². The van der Waals surface area contributed by atoms with Gasteiger partial charge < -0.3 is 14.5 Å². The third kappa shape index (κ3) is 2.96. The van der Waals surface area contributed by atoms with Gasteiger partial charge in [-0.2, -0.15) is 0 Å². The summed E-state index contributed by atoms with van der Waals surface area (Å²) in [5.74, 6) is 0.881. The predicted octanol–water partition coefficient (Wildman–Crippen LogP) is 2.90. The third-order valence-electron chi connectivity index (χ3n) is 4.97. The Hall–Kier alpha value is -2.14. The smallest absolute Gasteiger partial charge is 0.223 e. The number of aliphatic hydroxyl groups excluding tert-OH is 1. The molecule has 1 aliphatic heterocycles. The van der Waals surface area contributed by atoms with E-state index in [1.165, 1.54) is 5.56 Å². The van der Waals surface area contributed by atoms with Crippen LogP contribution in [0.25, 0.3) is 0 Å². The molecule has 0 radical (unpaired) electrons. The molecule has 0 aliphatic carbocycles. The van der Waals surface area contributed by atoms with Crippen LogP contribution in [0.1, 0.15) is 53.4 Å². The van der Waals surface area contributed by atoms with Crippen molar-refractivity contribution < 1.29 is 14.4 Å². The summed E-state index contributed by atoms with van der Waals surface area (Å²) < 4.78 is 5.22. The third-order valence-corrected chi connectivity index (χ3v) is 4.97. The highest BCUT2D eigenvalue weighted by atomic mass is 16.5. The normalized spacial score (nSPS) is 18.3. The first kappa shape index (κ1) is 16.7. The zero-order valence-corrected chi connectivity index (χ0v) is 14.5. The molecule has 1 aromatic heterocycles. The summed E-state index contributed by atoms with van der Waals surface area (Å²) in [7, 11) is 0. The van der Waals surface area contributed by atoms with E-state index in [9.17, 15) is 9.90 Å². The topological polar surface area (TPSA) is 66.6 Å². The average Bonchev–Trinajstić information content (AvgIpc) is 2.92. The van der Waals surface area contributed by atoms with Crippen LogP contribution in [0.15, 0.2) is 28.8 Å². The van der Waals surface area contributed by atoms with Gasteiger partial charge in [0, 0.05) is 18.5 Å². The van der Waals surface area contributed by atoms with E-state index in [2.05, 4.69) is 11.2 Å². The number of aryl methyl sites for hydroxylation is 2. The van der Waals surface area contributed by atoms with E-state index in [0.29, 0.717) is 13.0 Å². The molecule has 0 saturated carbocycles. The van der Waals surface area contributed by atoms with Crippen LogP contribution in [-0.2, 0) is 11.2 Å². The number of aliphatic hydroxyl groups is 1. The van der Waals surface area contributed by atoms with E-state index >= 15 is 0 Å². The number of carbonyl (C=O) groups is 1. The molecule has 5 heteroatoms. The van der Waals surface area contributed by atoms with Crippen molar-refractivity contribution in [1.82, 2.24) is 10.1 Å². The molecular weight excluding hydrogens is 304 g/mol. The maximum Gasteiger partial charge on any atom is 0.223 e. The molecule has 0 spiro atoms. The van der Waals surface area contributed by atoms with Crippen LogP contribution in [0.2, 0.25) is 0 Å². The van der Waals surface area contributed by atoms with Crippen molar-refractivity contribution >= 4 is 5.91 Å². The minimum Gasteiger partial charge on any atom is -0.394 e. The molecule has 1 amide bonds. The summed E-state index contributed by atoms with van der Waals surface area (Å²) in [5.41, 5.74) is 4.14. The van der Waals surface area contributed by atoms with Crippen LogP contribution >= 0.6 is 0 Å². The molecule has 2 unspecified atom stereocenters. The minimum absolute atomic E-state index is 0.0419. The Morgan fingerprint density at radius 3 is 2.83 bits per heavy atom. The van der Waals surface area contributed by atoms with Gasteiger partial charge >= 0.3 is 0 Å². The SMILES string of the molecule is Cc1noc(C)c1C(C)CC(=O)N1CCc2ccccc2C1CO. The lowest BCUT2D eigenvalue weighted by molar-refractivity contribution is -0.135. The maximum absolute atomic E-state index is 12.9. The molecule has 3 rings (SSSR count). The van der Waals surface area contributed by atoms with Crippen molar-refractivity contribution in [3.8, 4) is 0 Å². The van der Waals surface area contributed by atoms with Gasteiger partial charge in [-0.1, -0.05) is 36.3 Å². The Labute approximate surface area is 142 Å². The van der Waals surface area contributed by atoms with Gasteiger partial charge in [0.25, 0.3) is 0 Å². The molecule has 1 aliphatic rings. The lowest BCUT2D eigenvalue weighted by Crippen LogP contribution is -2.42. The largest absolute Gasteiger partial charge is 0.394 e. The number of amides is 1. The highest BCUT2D eigenvalue weighted by molar-refractivity contribution is 5.78. The first-order valence-electron chi connectivity index (χ1n) is 8.43. The lowest BCUT2D eigenvalue weighted by atomic mass is 9.91. The lowest BCUT2D eigenvalue weighted by Gasteiger charge is -2.37. The number of carbonyl (C=O) groups excluding carboxylic acids is 1. The van der Waals surface area contributed by atoms with Gasteiger partial charge in [0.15, 0.2) is 0 Å². The first-order valence-corrected chi connectivity index (χ1v) is 8.43. The van der Waals surface area contributed by atoms with Crippen molar-refractivity contribution in [3.05, 3.63) is 52.4 Å². The van der Waals surface area contributed by atoms with Gasteiger partial charge in [0.2, 0.25) is 5.91 Å². The Bertz CT molecular complexity index is 718. The minimum atomic E-state index is -0.251. The van der Waals surface area contributed by atoms with Crippen LogP contribution in [0.3, 0.4) is 0 Å². The second kappa shape index (κ2) is 6.77. The van der Waals surface area contributed by atoms with Gasteiger partial charge in [-0.3, -0.25) is 4.79 Å². The molecule has 1 N–H and O–H groups in total. The average molecular weight is 328 g/mol. The molecule has 2 atom stereocenters. The molecule has 0 fully saturated rings. The summed E-state index contributed by atoms with van der Waals surface area (Å²) in [6.07, 6.45) is 1.22. The van der Waals surface area contributed by atoms with E-state index in [-0.39, 0.29) is 24.5 Å². The second-order valence-corrected chi connectivity index (χ2v) is 6.58. The summed E-state index contributed by atoms with van der Waals surface area (Å²) in [5, 5.41) is 13.8. The summed E-state index contributed by atoms with van der Waals surface area (Å²) >= 11 is 0. The highest BCUT2D eigenvalue weighted by Gasteiger charge is 2.31. The standard InChI is InChI=1S/C19H24N2O3/c1-12(19-13(2)20-24-14(19)3)10-18(23)21-9-8-15-6-4-5-7-16(15)17(21)11-22/h4-7,12,17,22H,8-11H2,1-3H3. The number of nitrogens with zero attached hydrogens (tertiary/aromatic N) is 2. The highest BCUT2D eigenvalue weighted by Crippen LogP contribution is 2.32. The Kier molecular flexibility index (Phi) is 4.71. The number of rotatable bonds is 4. The van der Waals surface area contributed by atoms with E-state index in [0.717, 1.165) is 29.0 Å². The monoisotopic (exact) mass is 328 g/mol. The molecule has 2 aromatic rings. The van der Waals surface area contributed by atoms with Crippen molar-refractivity contribution in [3.63, 3.8) is 0 Å². The van der Waals surface area contributed by atoms with Crippen LogP contribution in [-0.4, -0.2) is 34.2 Å². The molecule has 5 nitrogen and oxygen atoms in total. The van der Waals surface area contributed by atoms with E-state index < -0.39 is 0 Å². The van der Waals surface area contributed by atoms with Crippen molar-refractivity contribution in [2.45, 2.75) is 45.6 Å². The van der Waals surface area contributed by atoms with E-state index in [1.807, 2.05) is 43.9 Å². The fourth-order valence-electron chi connectivity index (χ4n) is 3.82. The quantitative estimate of drug-likeness (QED) is 0.937. The molecule has 24 heavy (non-hydrogen) atoms. The van der Waals surface area contributed by atoms with Gasteiger partial charge in [-0.25, -0.2) is 0 Å². The first-order chi connectivity index (χ1) is 11.5. The molecule has 2 heterocycles. The summed E-state index contributed by atoms with van der Waals surface area (Å²) in [4.78, 5) is 14.7. The van der Waals surface area contributed by atoms with Crippen LogP contribution < -0.4 is 0 Å². The Balaban J connectivity index is 1.78. The van der Waals surface area contributed by atoms with Gasteiger partial charge in [-0.15, -0.1) is 0 Å². The number of aromatic nitrogens is 1.